The van der Waals surface area contributed by atoms with Gasteiger partial charge in [-0.3, -0.25) is 9.59 Å². The van der Waals surface area contributed by atoms with Crippen molar-refractivity contribution in [3.8, 4) is 0 Å². The van der Waals surface area contributed by atoms with Crippen molar-refractivity contribution in [2.45, 2.75) is 19.4 Å². The van der Waals surface area contributed by atoms with Crippen LogP contribution in [0.5, 0.6) is 0 Å². The number of amides is 1. The minimum absolute atomic E-state index is 0.0497. The molecule has 0 saturated carbocycles. The Labute approximate surface area is 58.6 Å². The molecule has 0 fully saturated rings. The van der Waals surface area contributed by atoms with Gasteiger partial charge in [0, 0.05) is 6.42 Å². The summed E-state index contributed by atoms with van der Waals surface area (Å²) >= 11 is 0. The lowest BCUT2D eigenvalue weighted by atomic mass is 10.1. The van der Waals surface area contributed by atoms with Crippen LogP contribution < -0.4 is 5.32 Å². The number of carbonyl (C=O) groups excluding carboxylic acids is 3. The number of ketones is 1. The highest BCUT2D eigenvalue weighted by atomic mass is 16.1. The van der Waals surface area contributed by atoms with Crippen molar-refractivity contribution in [1.29, 1.82) is 0 Å². The summed E-state index contributed by atoms with van der Waals surface area (Å²) in [6, 6.07) is -0.644. The molecule has 1 unspecified atom stereocenters. The Bertz CT molecular complexity index is 134. The SMILES string of the molecule is CC(=O)C(CC=O)NC=O. The van der Waals surface area contributed by atoms with E-state index in [-0.39, 0.29) is 12.2 Å². The van der Waals surface area contributed by atoms with E-state index in [0.717, 1.165) is 0 Å². The Morgan fingerprint density at radius 1 is 1.60 bits per heavy atom. The summed E-state index contributed by atoms with van der Waals surface area (Å²) in [6.45, 7) is 1.32. The zero-order valence-electron chi connectivity index (χ0n) is 5.66. The fourth-order valence-corrected chi connectivity index (χ4v) is 0.530. The molecule has 0 aliphatic carbocycles. The second-order valence-electron chi connectivity index (χ2n) is 1.85. The molecule has 0 aromatic rings. The summed E-state index contributed by atoms with van der Waals surface area (Å²) in [7, 11) is 0. The number of carbonyl (C=O) groups is 3. The summed E-state index contributed by atoms with van der Waals surface area (Å²) in [6.07, 6.45) is 1.06. The van der Waals surface area contributed by atoms with E-state index in [2.05, 4.69) is 5.32 Å². The van der Waals surface area contributed by atoms with Crippen LogP contribution in [0.2, 0.25) is 0 Å². The third-order valence-corrected chi connectivity index (χ3v) is 1.09. The molecular weight excluding hydrogens is 134 g/mol. The van der Waals surface area contributed by atoms with Crippen LogP contribution in [0, 0.1) is 0 Å². The lowest BCUT2D eigenvalue weighted by Gasteiger charge is -2.06. The summed E-state index contributed by atoms with van der Waals surface area (Å²) < 4.78 is 0. The first kappa shape index (κ1) is 8.81. The van der Waals surface area contributed by atoms with Crippen molar-refractivity contribution in [2.24, 2.45) is 0 Å². The van der Waals surface area contributed by atoms with Gasteiger partial charge in [0.15, 0.2) is 5.78 Å². The van der Waals surface area contributed by atoms with E-state index in [0.29, 0.717) is 12.7 Å². The van der Waals surface area contributed by atoms with Crippen LogP contribution in [0.15, 0.2) is 0 Å². The number of aldehydes is 1. The smallest absolute Gasteiger partial charge is 0.207 e. The van der Waals surface area contributed by atoms with Crippen LogP contribution in [0.4, 0.5) is 0 Å². The van der Waals surface area contributed by atoms with Crippen LogP contribution >= 0.6 is 0 Å². The zero-order chi connectivity index (χ0) is 7.98. The van der Waals surface area contributed by atoms with Crippen LogP contribution in [0.25, 0.3) is 0 Å². The molecule has 0 aliphatic rings. The largest absolute Gasteiger partial charge is 0.348 e. The number of nitrogens with one attached hydrogen (secondary N) is 1. The summed E-state index contributed by atoms with van der Waals surface area (Å²) in [5, 5.41) is 2.22. The molecule has 0 radical (unpaired) electrons. The van der Waals surface area contributed by atoms with Gasteiger partial charge in [0.2, 0.25) is 6.41 Å². The topological polar surface area (TPSA) is 63.2 Å². The molecule has 0 aromatic carbocycles. The van der Waals surface area contributed by atoms with Gasteiger partial charge in [-0.15, -0.1) is 0 Å². The molecule has 10 heavy (non-hydrogen) atoms. The van der Waals surface area contributed by atoms with Gasteiger partial charge in [-0.2, -0.15) is 0 Å². The molecule has 1 N–H and O–H groups in total. The fourth-order valence-electron chi connectivity index (χ4n) is 0.530. The molecule has 0 spiro atoms. The molecule has 0 bridgehead atoms. The first-order chi connectivity index (χ1) is 4.72. The Morgan fingerprint density at radius 2 is 2.20 bits per heavy atom. The predicted molar refractivity (Wildman–Crippen MR) is 34.3 cm³/mol. The van der Waals surface area contributed by atoms with Gasteiger partial charge in [0.05, 0.1) is 6.04 Å². The van der Waals surface area contributed by atoms with Crippen LogP contribution in [0.3, 0.4) is 0 Å². The second kappa shape index (κ2) is 4.67. The first-order valence-corrected chi connectivity index (χ1v) is 2.86. The zero-order valence-corrected chi connectivity index (χ0v) is 5.66. The highest BCUT2D eigenvalue weighted by Gasteiger charge is 2.10. The number of rotatable bonds is 5. The second-order valence-corrected chi connectivity index (χ2v) is 1.85. The average Bonchev–Trinajstić information content (AvgIpc) is 1.87. The van der Waals surface area contributed by atoms with Crippen molar-refractivity contribution in [1.82, 2.24) is 5.32 Å². The minimum atomic E-state index is -0.644. The molecule has 1 atom stereocenters. The number of hydrogen-bond donors (Lipinski definition) is 1. The number of Topliss-reactive ketones (excluding diaryl/α,β-unsaturated/α-hetero) is 1. The van der Waals surface area contributed by atoms with Crippen molar-refractivity contribution < 1.29 is 14.4 Å². The summed E-state index contributed by atoms with van der Waals surface area (Å²) in [4.78, 5) is 30.2. The quantitative estimate of drug-likeness (QED) is 0.516. The Morgan fingerprint density at radius 3 is 2.50 bits per heavy atom. The minimum Gasteiger partial charge on any atom is -0.348 e. The van der Waals surface area contributed by atoms with E-state index < -0.39 is 6.04 Å². The molecule has 4 heteroatoms. The normalized spacial score (nSPS) is 11.7. The Balaban J connectivity index is 3.83. The van der Waals surface area contributed by atoms with Gasteiger partial charge in [0.25, 0.3) is 0 Å². The predicted octanol–water partition coefficient (Wildman–Crippen LogP) is -0.721. The third kappa shape index (κ3) is 2.96. The van der Waals surface area contributed by atoms with E-state index in [1.54, 1.807) is 0 Å². The molecule has 1 amide bonds. The molecule has 0 rings (SSSR count). The number of hydrogen-bond acceptors (Lipinski definition) is 3. The van der Waals surface area contributed by atoms with Gasteiger partial charge in [0.1, 0.15) is 6.29 Å². The highest BCUT2D eigenvalue weighted by molar-refractivity contribution is 5.85. The highest BCUT2D eigenvalue weighted by Crippen LogP contribution is 1.87. The van der Waals surface area contributed by atoms with Crippen molar-refractivity contribution in [3.05, 3.63) is 0 Å². The molecule has 56 valence electrons. The van der Waals surface area contributed by atoms with E-state index in [1.807, 2.05) is 0 Å². The molecule has 0 aliphatic heterocycles. The summed E-state index contributed by atoms with van der Waals surface area (Å²) in [5.74, 6) is -0.209. The Kier molecular flexibility index (Phi) is 4.11. The molecule has 4 nitrogen and oxygen atoms in total. The van der Waals surface area contributed by atoms with Gasteiger partial charge in [-0.05, 0) is 6.92 Å². The van der Waals surface area contributed by atoms with Gasteiger partial charge < -0.3 is 10.1 Å². The maximum absolute atomic E-state index is 10.5. The van der Waals surface area contributed by atoms with Crippen molar-refractivity contribution >= 4 is 18.5 Å². The first-order valence-electron chi connectivity index (χ1n) is 2.86. The maximum atomic E-state index is 10.5. The van der Waals surface area contributed by atoms with Crippen LogP contribution in [-0.2, 0) is 14.4 Å². The van der Waals surface area contributed by atoms with Crippen molar-refractivity contribution in [2.75, 3.05) is 0 Å². The van der Waals surface area contributed by atoms with Gasteiger partial charge in [-0.25, -0.2) is 0 Å². The third-order valence-electron chi connectivity index (χ3n) is 1.09. The molecule has 0 aromatic heterocycles. The lowest BCUT2D eigenvalue weighted by molar-refractivity contribution is -0.123. The standard InChI is InChI=1S/C6H9NO3/c1-5(10)6(2-3-8)7-4-9/h3-4,6H,2H2,1H3,(H,7,9). The van der Waals surface area contributed by atoms with E-state index >= 15 is 0 Å². The fraction of sp³-hybridized carbons (Fsp3) is 0.500. The monoisotopic (exact) mass is 143 g/mol. The van der Waals surface area contributed by atoms with E-state index in [9.17, 15) is 14.4 Å². The van der Waals surface area contributed by atoms with Gasteiger partial charge >= 0.3 is 0 Å². The molecule has 0 saturated heterocycles. The van der Waals surface area contributed by atoms with Crippen LogP contribution in [0.1, 0.15) is 13.3 Å². The van der Waals surface area contributed by atoms with E-state index in [4.69, 9.17) is 0 Å². The maximum Gasteiger partial charge on any atom is 0.207 e. The van der Waals surface area contributed by atoms with E-state index in [1.165, 1.54) is 6.92 Å². The van der Waals surface area contributed by atoms with Crippen LogP contribution in [-0.4, -0.2) is 24.5 Å². The van der Waals surface area contributed by atoms with Crippen molar-refractivity contribution in [3.63, 3.8) is 0 Å². The van der Waals surface area contributed by atoms with Gasteiger partial charge in [-0.1, -0.05) is 0 Å². The lowest BCUT2D eigenvalue weighted by Crippen LogP contribution is -2.34. The average molecular weight is 143 g/mol. The molecular formula is C6H9NO3. The Hall–Kier alpha value is -1.19. The summed E-state index contributed by atoms with van der Waals surface area (Å²) in [5.41, 5.74) is 0. The molecule has 0 heterocycles.